The van der Waals surface area contributed by atoms with Crippen LogP contribution in [-0.4, -0.2) is 34.1 Å². The van der Waals surface area contributed by atoms with E-state index in [0.717, 1.165) is 26.1 Å². The second-order valence-electron chi connectivity index (χ2n) is 7.56. The molecule has 0 radical (unpaired) electrons. The van der Waals surface area contributed by atoms with E-state index >= 15 is 0 Å². The predicted octanol–water partition coefficient (Wildman–Crippen LogP) is 3.36. The summed E-state index contributed by atoms with van der Waals surface area (Å²) in [6.45, 7) is 9.34. The fraction of sp³-hybridized carbons (Fsp3) is 0.650. The van der Waals surface area contributed by atoms with Crippen molar-refractivity contribution in [2.45, 2.75) is 64.5 Å². The number of piperidine rings is 1. The maximum Gasteiger partial charge on any atom is 0.0590 e. The molecule has 2 N–H and O–H groups in total. The van der Waals surface area contributed by atoms with E-state index in [1.807, 2.05) is 13.1 Å². The van der Waals surface area contributed by atoms with E-state index in [0.29, 0.717) is 5.92 Å². The lowest BCUT2D eigenvalue weighted by atomic mass is 9.67. The number of hydrogen-bond donors (Lipinski definition) is 2. The van der Waals surface area contributed by atoms with Crippen molar-refractivity contribution in [3.05, 3.63) is 41.8 Å². The van der Waals surface area contributed by atoms with Gasteiger partial charge in [0.05, 0.1) is 12.3 Å². The van der Waals surface area contributed by atoms with E-state index < -0.39 is 6.10 Å². The Kier molecular flexibility index (Phi) is 5.26. The van der Waals surface area contributed by atoms with Crippen molar-refractivity contribution in [1.82, 2.24) is 15.1 Å². The maximum absolute atomic E-state index is 10.7. The monoisotopic (exact) mass is 329 g/mol. The van der Waals surface area contributed by atoms with Crippen LogP contribution in [0.15, 0.2) is 30.5 Å². The van der Waals surface area contributed by atoms with E-state index in [2.05, 4.69) is 53.2 Å². The van der Waals surface area contributed by atoms with Crippen LogP contribution in [0.1, 0.15) is 63.1 Å². The molecule has 4 unspecified atom stereocenters. The third-order valence-electron chi connectivity index (χ3n) is 5.70. The maximum atomic E-state index is 10.7. The Morgan fingerprint density at radius 1 is 1.46 bits per heavy atom. The Morgan fingerprint density at radius 3 is 2.88 bits per heavy atom. The van der Waals surface area contributed by atoms with Gasteiger partial charge < -0.3 is 10.4 Å². The van der Waals surface area contributed by atoms with Gasteiger partial charge in [0, 0.05) is 36.2 Å². The topological polar surface area (TPSA) is 50.1 Å². The number of aromatic nitrogens is 2. The number of nitrogens with zero attached hydrogens (tertiary/aromatic N) is 2. The zero-order valence-corrected chi connectivity index (χ0v) is 15.2. The summed E-state index contributed by atoms with van der Waals surface area (Å²) in [6.07, 6.45) is 13.7. The van der Waals surface area contributed by atoms with Crippen LogP contribution in [0.25, 0.3) is 0 Å². The highest BCUT2D eigenvalue weighted by atomic mass is 16.3. The molecule has 2 aliphatic rings. The number of hydrogen-bond acceptors (Lipinski definition) is 3. The average molecular weight is 329 g/mol. The summed E-state index contributed by atoms with van der Waals surface area (Å²) in [5.74, 6) is 0.556. The van der Waals surface area contributed by atoms with Gasteiger partial charge in [0.1, 0.15) is 0 Å². The third-order valence-corrected chi connectivity index (χ3v) is 5.70. The largest absolute Gasteiger partial charge is 0.393 e. The van der Waals surface area contributed by atoms with Crippen LogP contribution < -0.4 is 5.32 Å². The summed E-state index contributed by atoms with van der Waals surface area (Å²) in [7, 11) is 0. The molecule has 4 atom stereocenters. The first-order valence-electron chi connectivity index (χ1n) is 9.35. The van der Waals surface area contributed by atoms with Gasteiger partial charge in [0.2, 0.25) is 0 Å². The van der Waals surface area contributed by atoms with Crippen LogP contribution in [0.2, 0.25) is 0 Å². The number of aryl methyl sites for hydroxylation is 1. The van der Waals surface area contributed by atoms with E-state index in [-0.39, 0.29) is 11.3 Å². The summed E-state index contributed by atoms with van der Waals surface area (Å²) in [5.41, 5.74) is 2.50. The lowest BCUT2D eigenvalue weighted by molar-refractivity contribution is 0.109. The Labute approximate surface area is 145 Å². The fourth-order valence-electron chi connectivity index (χ4n) is 4.57. The first kappa shape index (κ1) is 17.4. The smallest absolute Gasteiger partial charge is 0.0590 e. The van der Waals surface area contributed by atoms with Crippen LogP contribution in [0.4, 0.5) is 0 Å². The van der Waals surface area contributed by atoms with Gasteiger partial charge in [0.25, 0.3) is 0 Å². The minimum atomic E-state index is -0.407. The second-order valence-corrected chi connectivity index (χ2v) is 7.56. The van der Waals surface area contributed by atoms with Gasteiger partial charge in [-0.25, -0.2) is 0 Å². The molecule has 1 aromatic rings. The summed E-state index contributed by atoms with van der Waals surface area (Å²) in [6, 6.07) is 0. The van der Waals surface area contributed by atoms with Gasteiger partial charge in [-0.1, -0.05) is 31.2 Å². The average Bonchev–Trinajstić information content (AvgIpc) is 2.99. The van der Waals surface area contributed by atoms with E-state index in [1.54, 1.807) is 0 Å². The minimum absolute atomic E-state index is 0.0657. The molecular weight excluding hydrogens is 298 g/mol. The summed E-state index contributed by atoms with van der Waals surface area (Å²) >= 11 is 0. The molecule has 3 rings (SSSR count). The Hall–Kier alpha value is -1.39. The molecule has 0 spiro atoms. The molecule has 1 saturated heterocycles. The molecule has 1 aromatic heterocycles. The Bertz CT molecular complexity index is 610. The molecule has 1 aliphatic carbocycles. The SMILES string of the molecule is CCn1ncc(C(C(C)O)C2(C)C=CC=CC2)c1C1CCCNC1. The molecule has 0 aromatic carbocycles. The van der Waals surface area contributed by atoms with Crippen LogP contribution in [-0.2, 0) is 6.54 Å². The fourth-order valence-corrected chi connectivity index (χ4v) is 4.57. The lowest BCUT2D eigenvalue weighted by Gasteiger charge is -2.39. The van der Waals surface area contributed by atoms with Crippen molar-refractivity contribution in [3.8, 4) is 0 Å². The number of allylic oxidation sites excluding steroid dienone is 4. The van der Waals surface area contributed by atoms with Crippen LogP contribution in [0, 0.1) is 5.41 Å². The van der Waals surface area contributed by atoms with Crippen LogP contribution in [0.3, 0.4) is 0 Å². The first-order valence-corrected chi connectivity index (χ1v) is 9.35. The van der Waals surface area contributed by atoms with E-state index in [1.165, 1.54) is 24.1 Å². The quantitative estimate of drug-likeness (QED) is 0.871. The molecule has 132 valence electrons. The van der Waals surface area contributed by atoms with E-state index in [4.69, 9.17) is 0 Å². The van der Waals surface area contributed by atoms with Crippen LogP contribution in [0.5, 0.6) is 0 Å². The van der Waals surface area contributed by atoms with Gasteiger partial charge >= 0.3 is 0 Å². The summed E-state index contributed by atoms with van der Waals surface area (Å²) in [4.78, 5) is 0. The van der Waals surface area contributed by atoms with Gasteiger partial charge in [-0.05, 0) is 45.1 Å². The molecule has 0 bridgehead atoms. The van der Waals surface area contributed by atoms with Crippen molar-refractivity contribution >= 4 is 0 Å². The zero-order valence-electron chi connectivity index (χ0n) is 15.2. The van der Waals surface area contributed by atoms with Crippen molar-refractivity contribution in [2.75, 3.05) is 13.1 Å². The minimum Gasteiger partial charge on any atom is -0.393 e. The third kappa shape index (κ3) is 3.22. The van der Waals surface area contributed by atoms with Gasteiger partial charge in [-0.3, -0.25) is 4.68 Å². The molecule has 1 fully saturated rings. The molecule has 2 heterocycles. The van der Waals surface area contributed by atoms with Crippen molar-refractivity contribution in [2.24, 2.45) is 5.41 Å². The van der Waals surface area contributed by atoms with Crippen molar-refractivity contribution < 1.29 is 5.11 Å². The molecule has 1 aliphatic heterocycles. The zero-order chi connectivity index (χ0) is 17.2. The molecule has 0 saturated carbocycles. The molecular formula is C20H31N3O. The summed E-state index contributed by atoms with van der Waals surface area (Å²) < 4.78 is 2.15. The molecule has 24 heavy (non-hydrogen) atoms. The van der Waals surface area contributed by atoms with Crippen molar-refractivity contribution in [3.63, 3.8) is 0 Å². The van der Waals surface area contributed by atoms with Crippen LogP contribution >= 0.6 is 0 Å². The van der Waals surface area contributed by atoms with Crippen molar-refractivity contribution in [1.29, 1.82) is 0 Å². The van der Waals surface area contributed by atoms with Gasteiger partial charge in [-0.2, -0.15) is 5.10 Å². The Morgan fingerprint density at radius 2 is 2.29 bits per heavy atom. The normalized spacial score (nSPS) is 29.6. The molecule has 0 amide bonds. The summed E-state index contributed by atoms with van der Waals surface area (Å²) in [5, 5.41) is 18.9. The molecule has 4 heteroatoms. The van der Waals surface area contributed by atoms with Gasteiger partial charge in [0.15, 0.2) is 0 Å². The van der Waals surface area contributed by atoms with Gasteiger partial charge in [-0.15, -0.1) is 0 Å². The number of aliphatic hydroxyl groups excluding tert-OH is 1. The highest BCUT2D eigenvalue weighted by molar-refractivity contribution is 5.33. The molecule has 4 nitrogen and oxygen atoms in total. The predicted molar refractivity (Wildman–Crippen MR) is 98.2 cm³/mol. The number of aliphatic hydroxyl groups is 1. The standard InChI is InChI=1S/C20H31N3O/c1-4-23-19(16-9-8-12-21-13-16)17(14-22-23)18(15(2)24)20(3)10-6-5-7-11-20/h5-7,10,14-16,18,21,24H,4,8-9,11-13H2,1-3H3. The second kappa shape index (κ2) is 7.24. The first-order chi connectivity index (χ1) is 11.6. The van der Waals surface area contributed by atoms with E-state index in [9.17, 15) is 5.11 Å². The highest BCUT2D eigenvalue weighted by Crippen LogP contribution is 2.46. The highest BCUT2D eigenvalue weighted by Gasteiger charge is 2.39. The Balaban J connectivity index is 2.03. The number of nitrogens with one attached hydrogen (secondary N) is 1. The lowest BCUT2D eigenvalue weighted by Crippen LogP contribution is -2.35. The number of rotatable bonds is 5.